The van der Waals surface area contributed by atoms with Crippen LogP contribution in [0.4, 0.5) is 5.13 Å². The molecule has 2 aromatic carbocycles. The van der Waals surface area contributed by atoms with E-state index in [1.165, 1.54) is 22.3 Å². The van der Waals surface area contributed by atoms with Gasteiger partial charge in [-0.15, -0.1) is 0 Å². The number of ketones is 1. The Labute approximate surface area is 203 Å². The fraction of sp³-hybridized carbons (Fsp3) is 0.120. The van der Waals surface area contributed by atoms with E-state index >= 15 is 0 Å². The van der Waals surface area contributed by atoms with Crippen molar-refractivity contribution in [2.24, 2.45) is 0 Å². The lowest BCUT2D eigenvalue weighted by Crippen LogP contribution is -2.29. The summed E-state index contributed by atoms with van der Waals surface area (Å²) in [5.41, 5.74) is 2.26. The van der Waals surface area contributed by atoms with Crippen molar-refractivity contribution >= 4 is 55.7 Å². The molecule has 3 heterocycles. The van der Waals surface area contributed by atoms with Gasteiger partial charge in [-0.25, -0.2) is 4.98 Å². The molecule has 0 aliphatic carbocycles. The van der Waals surface area contributed by atoms with Gasteiger partial charge in [0.2, 0.25) is 0 Å². The molecule has 170 valence electrons. The van der Waals surface area contributed by atoms with Gasteiger partial charge in [0.25, 0.3) is 5.78 Å². The van der Waals surface area contributed by atoms with Crippen molar-refractivity contribution in [1.29, 1.82) is 0 Å². The number of aliphatic hydroxyl groups is 1. The second-order valence-corrected chi connectivity index (χ2v) is 9.17. The molecule has 9 heteroatoms. The maximum atomic E-state index is 13.3. The SMILES string of the molecule is COc1cc2sc(N3C(=O)C(=O)/C(=C(/O)c4cccc(Cl)c4)C3c3ccccn3)nc2cc1C. The van der Waals surface area contributed by atoms with E-state index in [1.54, 1.807) is 49.7 Å². The second-order valence-electron chi connectivity index (χ2n) is 7.72. The van der Waals surface area contributed by atoms with Crippen LogP contribution in [0.1, 0.15) is 22.9 Å². The number of aryl methyl sites for hydroxylation is 1. The molecule has 1 aliphatic heterocycles. The number of pyridine rings is 1. The number of anilines is 1. The first kappa shape index (κ1) is 22.1. The summed E-state index contributed by atoms with van der Waals surface area (Å²) in [5.74, 6) is -1.23. The maximum Gasteiger partial charge on any atom is 0.301 e. The molecule has 4 aromatic rings. The minimum Gasteiger partial charge on any atom is -0.507 e. The number of carbonyl (C=O) groups is 2. The van der Waals surface area contributed by atoms with Crippen molar-refractivity contribution in [3.05, 3.63) is 88.2 Å². The number of benzene rings is 2. The molecular formula is C25H18ClN3O4S. The third-order valence-electron chi connectivity index (χ3n) is 5.61. The van der Waals surface area contributed by atoms with Crippen LogP contribution in [0.3, 0.4) is 0 Å². The fourth-order valence-corrected chi connectivity index (χ4v) is 5.20. The van der Waals surface area contributed by atoms with Crippen molar-refractivity contribution in [2.75, 3.05) is 12.0 Å². The molecule has 5 rings (SSSR count). The lowest BCUT2D eigenvalue weighted by atomic mass is 9.98. The molecule has 2 aromatic heterocycles. The molecule has 1 N–H and O–H groups in total. The summed E-state index contributed by atoms with van der Waals surface area (Å²) in [7, 11) is 1.59. The minimum absolute atomic E-state index is 0.0704. The highest BCUT2D eigenvalue weighted by molar-refractivity contribution is 7.22. The third kappa shape index (κ3) is 3.61. The van der Waals surface area contributed by atoms with Gasteiger partial charge in [0.05, 0.1) is 28.6 Å². The summed E-state index contributed by atoms with van der Waals surface area (Å²) in [4.78, 5) is 36.8. The zero-order valence-corrected chi connectivity index (χ0v) is 19.7. The average Bonchev–Trinajstić information content (AvgIpc) is 3.36. The van der Waals surface area contributed by atoms with Crippen molar-refractivity contribution in [2.45, 2.75) is 13.0 Å². The Morgan fingerprint density at radius 3 is 2.68 bits per heavy atom. The molecule has 0 bridgehead atoms. The third-order valence-corrected chi connectivity index (χ3v) is 6.86. The van der Waals surface area contributed by atoms with E-state index in [1.807, 2.05) is 19.1 Å². The van der Waals surface area contributed by atoms with Crippen molar-refractivity contribution in [3.63, 3.8) is 0 Å². The van der Waals surface area contributed by atoms with E-state index in [4.69, 9.17) is 16.3 Å². The standard InChI is InChI=1S/C25H18ClN3O4S/c1-13-10-17-19(12-18(13)33-2)34-25(28-17)29-21(16-8-3-4-9-27-16)20(23(31)24(29)32)22(30)14-6-5-7-15(26)11-14/h3-12,21,30H,1-2H3/b22-20+. The lowest BCUT2D eigenvalue weighted by Gasteiger charge is -2.21. The Morgan fingerprint density at radius 2 is 1.97 bits per heavy atom. The number of ether oxygens (including phenoxy) is 1. The van der Waals surface area contributed by atoms with E-state index in [2.05, 4.69) is 9.97 Å². The van der Waals surface area contributed by atoms with Crippen molar-refractivity contribution in [1.82, 2.24) is 9.97 Å². The second kappa shape index (κ2) is 8.55. The van der Waals surface area contributed by atoms with Gasteiger partial charge in [0, 0.05) is 16.8 Å². The normalized spacial score (nSPS) is 17.5. The van der Waals surface area contributed by atoms with Crippen LogP contribution in [0.5, 0.6) is 5.75 Å². The van der Waals surface area contributed by atoms with Crippen LogP contribution >= 0.6 is 22.9 Å². The van der Waals surface area contributed by atoms with Gasteiger partial charge in [-0.2, -0.15) is 0 Å². The highest BCUT2D eigenvalue weighted by Crippen LogP contribution is 2.44. The topological polar surface area (TPSA) is 92.6 Å². The number of hydrogen-bond acceptors (Lipinski definition) is 7. The van der Waals surface area contributed by atoms with Gasteiger partial charge in [0.1, 0.15) is 17.6 Å². The summed E-state index contributed by atoms with van der Waals surface area (Å²) in [6.07, 6.45) is 1.57. The van der Waals surface area contributed by atoms with Crippen LogP contribution in [-0.2, 0) is 9.59 Å². The molecule has 0 spiro atoms. The number of halogens is 1. The lowest BCUT2D eigenvalue weighted by molar-refractivity contribution is -0.132. The first-order chi connectivity index (χ1) is 16.4. The zero-order chi connectivity index (χ0) is 24.0. The van der Waals surface area contributed by atoms with Crippen LogP contribution in [0.15, 0.2) is 66.4 Å². The summed E-state index contributed by atoms with van der Waals surface area (Å²) in [6, 6.07) is 14.4. The van der Waals surface area contributed by atoms with Crippen molar-refractivity contribution in [3.8, 4) is 5.75 Å². The quantitative estimate of drug-likeness (QED) is 0.237. The van der Waals surface area contributed by atoms with Gasteiger partial charge in [-0.3, -0.25) is 19.5 Å². The summed E-state index contributed by atoms with van der Waals surface area (Å²) >= 11 is 7.35. The first-order valence-corrected chi connectivity index (χ1v) is 11.5. The number of thiazole rings is 1. The molecule has 1 unspecified atom stereocenters. The number of aliphatic hydroxyl groups excluding tert-OH is 1. The number of rotatable bonds is 4. The van der Waals surface area contributed by atoms with E-state index < -0.39 is 17.7 Å². The Balaban J connectivity index is 1.72. The molecule has 7 nitrogen and oxygen atoms in total. The number of nitrogens with zero attached hydrogens (tertiary/aromatic N) is 3. The van der Waals surface area contributed by atoms with Gasteiger partial charge in [-0.05, 0) is 48.9 Å². The predicted molar refractivity (Wildman–Crippen MR) is 131 cm³/mol. The van der Waals surface area contributed by atoms with Gasteiger partial charge in [-0.1, -0.05) is 41.1 Å². The number of carbonyl (C=O) groups excluding carboxylic acids is 2. The highest BCUT2D eigenvalue weighted by atomic mass is 35.5. The zero-order valence-electron chi connectivity index (χ0n) is 18.2. The molecule has 1 amide bonds. The van der Waals surface area contributed by atoms with Gasteiger partial charge < -0.3 is 9.84 Å². The molecule has 1 saturated heterocycles. The number of Topliss-reactive ketones (excluding diaryl/α,β-unsaturated/α-hetero) is 1. The fourth-order valence-electron chi connectivity index (χ4n) is 4.01. The Bertz CT molecular complexity index is 1480. The summed E-state index contributed by atoms with van der Waals surface area (Å²) in [5, 5.41) is 11.9. The van der Waals surface area contributed by atoms with Gasteiger partial charge >= 0.3 is 5.91 Å². The monoisotopic (exact) mass is 491 g/mol. The van der Waals surface area contributed by atoms with E-state index in [0.717, 1.165) is 10.3 Å². The van der Waals surface area contributed by atoms with Gasteiger partial charge in [0.15, 0.2) is 5.13 Å². The Morgan fingerprint density at radius 1 is 1.15 bits per heavy atom. The minimum atomic E-state index is -0.955. The Hall–Kier alpha value is -3.75. The highest BCUT2D eigenvalue weighted by Gasteiger charge is 2.48. The molecule has 1 fully saturated rings. The molecule has 0 radical (unpaired) electrons. The van der Waals surface area contributed by atoms with E-state index in [-0.39, 0.29) is 11.3 Å². The van der Waals surface area contributed by atoms with E-state index in [0.29, 0.717) is 32.7 Å². The summed E-state index contributed by atoms with van der Waals surface area (Å²) in [6.45, 7) is 1.91. The molecule has 0 saturated carbocycles. The number of fused-ring (bicyclic) bond motifs is 1. The number of methoxy groups -OCH3 is 1. The van der Waals surface area contributed by atoms with Crippen molar-refractivity contribution < 1.29 is 19.4 Å². The largest absolute Gasteiger partial charge is 0.507 e. The number of amides is 1. The Kier molecular flexibility index (Phi) is 5.55. The molecule has 1 aliphatic rings. The predicted octanol–water partition coefficient (Wildman–Crippen LogP) is 5.29. The molecular weight excluding hydrogens is 474 g/mol. The number of aromatic nitrogens is 2. The van der Waals surface area contributed by atoms with Crippen LogP contribution in [0.2, 0.25) is 5.02 Å². The molecule has 1 atom stereocenters. The van der Waals surface area contributed by atoms with Crippen LogP contribution < -0.4 is 9.64 Å². The van der Waals surface area contributed by atoms with Crippen LogP contribution in [0.25, 0.3) is 16.0 Å². The van der Waals surface area contributed by atoms with E-state index in [9.17, 15) is 14.7 Å². The summed E-state index contributed by atoms with van der Waals surface area (Å²) < 4.78 is 6.21. The van der Waals surface area contributed by atoms with Crippen LogP contribution in [0, 0.1) is 6.92 Å². The number of hydrogen-bond donors (Lipinski definition) is 1. The first-order valence-electron chi connectivity index (χ1n) is 10.3. The van der Waals surface area contributed by atoms with Crippen LogP contribution in [-0.4, -0.2) is 33.9 Å². The smallest absolute Gasteiger partial charge is 0.301 e. The average molecular weight is 492 g/mol. The maximum absolute atomic E-state index is 13.3. The molecule has 34 heavy (non-hydrogen) atoms.